The number of carbonyl (C=O) groups excluding carboxylic acids is 1. The average Bonchev–Trinajstić information content (AvgIpc) is 2.03. The molecule has 0 aliphatic carbocycles. The van der Waals surface area contributed by atoms with Crippen LogP contribution in [0.25, 0.3) is 0 Å². The molecule has 1 aliphatic rings. The fraction of sp³-hybridized carbons (Fsp3) is 0.700. The summed E-state index contributed by atoms with van der Waals surface area (Å²) in [5.41, 5.74) is -0.399. The van der Waals surface area contributed by atoms with Crippen LogP contribution >= 0.6 is 0 Å². The van der Waals surface area contributed by atoms with Gasteiger partial charge in [0.2, 0.25) is 0 Å². The van der Waals surface area contributed by atoms with E-state index in [1.807, 2.05) is 32.9 Å². The summed E-state index contributed by atoms with van der Waals surface area (Å²) in [7, 11) is 0. The Morgan fingerprint density at radius 2 is 2.23 bits per heavy atom. The number of rotatable bonds is 1. The highest BCUT2D eigenvalue weighted by atomic mass is 16.6. The van der Waals surface area contributed by atoms with Crippen molar-refractivity contribution in [2.75, 3.05) is 6.54 Å². The van der Waals surface area contributed by atoms with Crippen molar-refractivity contribution in [3.63, 3.8) is 0 Å². The Morgan fingerprint density at radius 3 is 2.69 bits per heavy atom. The van der Waals surface area contributed by atoms with Gasteiger partial charge >= 0.3 is 5.97 Å². The second-order valence-electron chi connectivity index (χ2n) is 4.18. The van der Waals surface area contributed by atoms with Gasteiger partial charge in [-0.1, -0.05) is 12.2 Å². The lowest BCUT2D eigenvalue weighted by Crippen LogP contribution is -2.41. The maximum atomic E-state index is 11.5. The van der Waals surface area contributed by atoms with E-state index in [1.165, 1.54) is 0 Å². The van der Waals surface area contributed by atoms with Crippen LogP contribution in [0.2, 0.25) is 0 Å². The molecule has 1 unspecified atom stereocenters. The summed E-state index contributed by atoms with van der Waals surface area (Å²) in [4.78, 5) is 11.5. The minimum absolute atomic E-state index is 0.191. The third-order valence-electron chi connectivity index (χ3n) is 1.66. The largest absolute Gasteiger partial charge is 0.459 e. The van der Waals surface area contributed by atoms with Crippen molar-refractivity contribution in [3.8, 4) is 0 Å². The summed E-state index contributed by atoms with van der Waals surface area (Å²) >= 11 is 0. The monoisotopic (exact) mass is 183 g/mol. The van der Waals surface area contributed by atoms with Crippen LogP contribution in [-0.2, 0) is 9.53 Å². The smallest absolute Gasteiger partial charge is 0.327 e. The number of hydrogen-bond acceptors (Lipinski definition) is 3. The molecule has 1 heterocycles. The molecule has 1 N–H and O–H groups in total. The maximum absolute atomic E-state index is 11.5. The first-order valence-electron chi connectivity index (χ1n) is 4.62. The average molecular weight is 183 g/mol. The van der Waals surface area contributed by atoms with Crippen molar-refractivity contribution in [1.29, 1.82) is 0 Å². The van der Waals surface area contributed by atoms with Crippen LogP contribution in [0.15, 0.2) is 12.2 Å². The van der Waals surface area contributed by atoms with Crippen molar-refractivity contribution in [2.45, 2.75) is 38.8 Å². The van der Waals surface area contributed by atoms with Crippen LogP contribution in [0, 0.1) is 0 Å². The predicted molar refractivity (Wildman–Crippen MR) is 51.4 cm³/mol. The SMILES string of the molecule is CC(C)(C)OC(=O)C1C=CCCN1. The van der Waals surface area contributed by atoms with E-state index in [4.69, 9.17) is 4.74 Å². The molecule has 0 aromatic rings. The van der Waals surface area contributed by atoms with E-state index in [9.17, 15) is 4.79 Å². The lowest BCUT2D eigenvalue weighted by molar-refractivity contribution is -0.156. The molecule has 1 rings (SSSR count). The number of ether oxygens (including phenoxy) is 1. The summed E-state index contributed by atoms with van der Waals surface area (Å²) in [6.07, 6.45) is 4.85. The van der Waals surface area contributed by atoms with E-state index in [-0.39, 0.29) is 12.0 Å². The minimum atomic E-state index is -0.399. The summed E-state index contributed by atoms with van der Waals surface area (Å²) in [6, 6.07) is -0.257. The van der Waals surface area contributed by atoms with Crippen LogP contribution in [0.4, 0.5) is 0 Å². The zero-order chi connectivity index (χ0) is 9.90. The number of carbonyl (C=O) groups is 1. The number of esters is 1. The van der Waals surface area contributed by atoms with Crippen molar-refractivity contribution in [2.24, 2.45) is 0 Å². The molecule has 0 spiro atoms. The molecule has 13 heavy (non-hydrogen) atoms. The molecular formula is C10H17NO2. The van der Waals surface area contributed by atoms with E-state index >= 15 is 0 Å². The highest BCUT2D eigenvalue weighted by molar-refractivity contribution is 5.78. The Bertz CT molecular complexity index is 215. The molecule has 0 amide bonds. The first kappa shape index (κ1) is 10.3. The fourth-order valence-electron chi connectivity index (χ4n) is 1.15. The Morgan fingerprint density at radius 1 is 1.54 bits per heavy atom. The standard InChI is InChI=1S/C10H17NO2/c1-10(2,3)13-9(12)8-6-4-5-7-11-8/h4,6,8,11H,5,7H2,1-3H3. The Kier molecular flexibility index (Phi) is 3.09. The van der Waals surface area contributed by atoms with Crippen molar-refractivity contribution >= 4 is 5.97 Å². The molecule has 1 atom stereocenters. The second-order valence-corrected chi connectivity index (χ2v) is 4.18. The first-order valence-corrected chi connectivity index (χ1v) is 4.62. The quantitative estimate of drug-likeness (QED) is 0.491. The molecule has 1 aliphatic heterocycles. The van der Waals surface area contributed by atoms with Gasteiger partial charge in [-0.3, -0.25) is 0 Å². The van der Waals surface area contributed by atoms with Gasteiger partial charge < -0.3 is 10.1 Å². The summed E-state index contributed by atoms with van der Waals surface area (Å²) in [5, 5.41) is 3.08. The molecule has 0 aromatic heterocycles. The fourth-order valence-corrected chi connectivity index (χ4v) is 1.15. The van der Waals surface area contributed by atoms with Crippen molar-refractivity contribution in [1.82, 2.24) is 5.32 Å². The molecule has 3 heteroatoms. The van der Waals surface area contributed by atoms with E-state index in [1.54, 1.807) is 0 Å². The predicted octanol–water partition coefficient (Wildman–Crippen LogP) is 1.25. The van der Waals surface area contributed by atoms with Crippen LogP contribution < -0.4 is 5.32 Å². The second kappa shape index (κ2) is 3.92. The van der Waals surface area contributed by atoms with Crippen LogP contribution in [-0.4, -0.2) is 24.2 Å². The zero-order valence-electron chi connectivity index (χ0n) is 8.46. The van der Waals surface area contributed by atoms with Gasteiger partial charge in [0.05, 0.1) is 0 Å². The van der Waals surface area contributed by atoms with Crippen molar-refractivity contribution in [3.05, 3.63) is 12.2 Å². The number of hydrogen-bond donors (Lipinski definition) is 1. The molecule has 0 saturated carbocycles. The molecule has 74 valence electrons. The normalized spacial score (nSPS) is 22.8. The van der Waals surface area contributed by atoms with Crippen LogP contribution in [0.5, 0.6) is 0 Å². The highest BCUT2D eigenvalue weighted by Crippen LogP contribution is 2.10. The molecule has 0 fully saturated rings. The van der Waals surface area contributed by atoms with E-state index in [0.717, 1.165) is 13.0 Å². The molecule has 3 nitrogen and oxygen atoms in total. The van der Waals surface area contributed by atoms with E-state index in [2.05, 4.69) is 5.32 Å². The lowest BCUT2D eigenvalue weighted by Gasteiger charge is -2.24. The van der Waals surface area contributed by atoms with Crippen LogP contribution in [0.3, 0.4) is 0 Å². The number of nitrogens with one attached hydrogen (secondary N) is 1. The van der Waals surface area contributed by atoms with Gasteiger partial charge in [0.15, 0.2) is 0 Å². The van der Waals surface area contributed by atoms with Gasteiger partial charge in [0, 0.05) is 0 Å². The molecule has 0 saturated heterocycles. The Labute approximate surface area is 79.2 Å². The molecule has 0 bridgehead atoms. The maximum Gasteiger partial charge on any atom is 0.327 e. The third kappa shape index (κ3) is 3.59. The summed E-state index contributed by atoms with van der Waals surface area (Å²) < 4.78 is 5.22. The van der Waals surface area contributed by atoms with Crippen LogP contribution in [0.1, 0.15) is 27.2 Å². The van der Waals surface area contributed by atoms with E-state index < -0.39 is 5.60 Å². The third-order valence-corrected chi connectivity index (χ3v) is 1.66. The lowest BCUT2D eigenvalue weighted by atomic mass is 10.1. The molecule has 0 radical (unpaired) electrons. The van der Waals surface area contributed by atoms with Gasteiger partial charge in [-0.15, -0.1) is 0 Å². The molecule has 0 aromatic carbocycles. The first-order chi connectivity index (χ1) is 5.99. The highest BCUT2D eigenvalue weighted by Gasteiger charge is 2.23. The minimum Gasteiger partial charge on any atom is -0.459 e. The Balaban J connectivity index is 2.47. The summed E-state index contributed by atoms with van der Waals surface area (Å²) in [5.74, 6) is -0.191. The van der Waals surface area contributed by atoms with Gasteiger partial charge in [0.1, 0.15) is 11.6 Å². The van der Waals surface area contributed by atoms with Gasteiger partial charge in [-0.05, 0) is 33.7 Å². The zero-order valence-corrected chi connectivity index (χ0v) is 8.46. The van der Waals surface area contributed by atoms with Gasteiger partial charge in [-0.2, -0.15) is 0 Å². The molecular weight excluding hydrogens is 166 g/mol. The van der Waals surface area contributed by atoms with Gasteiger partial charge in [-0.25, -0.2) is 4.79 Å². The van der Waals surface area contributed by atoms with E-state index in [0.29, 0.717) is 0 Å². The van der Waals surface area contributed by atoms with Gasteiger partial charge in [0.25, 0.3) is 0 Å². The van der Waals surface area contributed by atoms with Crippen molar-refractivity contribution < 1.29 is 9.53 Å². The topological polar surface area (TPSA) is 38.3 Å². The Hall–Kier alpha value is -0.830. The summed E-state index contributed by atoms with van der Waals surface area (Å²) in [6.45, 7) is 6.47.